The minimum Gasteiger partial charge on any atom is -0.340 e. The van der Waals surface area contributed by atoms with Crippen LogP contribution in [-0.4, -0.2) is 23.4 Å². The zero-order valence-corrected chi connectivity index (χ0v) is 12.3. The van der Waals surface area contributed by atoms with E-state index in [1.807, 2.05) is 19.1 Å². The first-order valence-corrected chi connectivity index (χ1v) is 6.52. The number of hydrogen-bond acceptors (Lipinski definition) is 2. The highest BCUT2D eigenvalue weighted by Crippen LogP contribution is 2.26. The van der Waals surface area contributed by atoms with Crippen molar-refractivity contribution < 1.29 is 4.79 Å². The molecule has 0 spiro atoms. The van der Waals surface area contributed by atoms with Crippen molar-refractivity contribution in [2.75, 3.05) is 7.05 Å². The Kier molecular flexibility index (Phi) is 5.02. The Hall–Kier alpha value is -0.770. The summed E-state index contributed by atoms with van der Waals surface area (Å²) in [7, 11) is 1.71. The fourth-order valence-electron chi connectivity index (χ4n) is 1.59. The van der Waals surface area contributed by atoms with Crippen molar-refractivity contribution in [1.29, 1.82) is 0 Å². The number of likely N-dealkylation sites (N-methyl/N-ethyl adjacent to an activating group) is 1. The van der Waals surface area contributed by atoms with Crippen LogP contribution in [0, 0.1) is 0 Å². The predicted molar refractivity (Wildman–Crippen MR) is 75.8 cm³/mol. The van der Waals surface area contributed by atoms with E-state index < -0.39 is 5.54 Å². The molecule has 5 heteroatoms. The summed E-state index contributed by atoms with van der Waals surface area (Å²) < 4.78 is 0. The number of carbonyl (C=O) groups excluding carboxylic acids is 1. The molecule has 0 saturated carbocycles. The van der Waals surface area contributed by atoms with Gasteiger partial charge in [0.25, 0.3) is 0 Å². The highest BCUT2D eigenvalue weighted by Gasteiger charge is 2.29. The van der Waals surface area contributed by atoms with Crippen LogP contribution in [0.5, 0.6) is 0 Å². The van der Waals surface area contributed by atoms with Crippen molar-refractivity contribution in [3.8, 4) is 0 Å². The molecule has 0 fully saturated rings. The smallest absolute Gasteiger partial charge is 0.242 e. The second-order valence-electron chi connectivity index (χ2n) is 4.65. The summed E-state index contributed by atoms with van der Waals surface area (Å²) in [5, 5.41) is 0.968. The van der Waals surface area contributed by atoms with Crippen LogP contribution in [0.2, 0.25) is 10.0 Å². The lowest BCUT2D eigenvalue weighted by atomic mass is 9.98. The second-order valence-corrected chi connectivity index (χ2v) is 5.43. The van der Waals surface area contributed by atoms with Crippen molar-refractivity contribution in [3.05, 3.63) is 33.8 Å². The molecule has 3 nitrogen and oxygen atoms in total. The summed E-state index contributed by atoms with van der Waals surface area (Å²) >= 11 is 12.0. The number of benzene rings is 1. The lowest BCUT2D eigenvalue weighted by Gasteiger charge is -2.28. The largest absolute Gasteiger partial charge is 0.340 e. The van der Waals surface area contributed by atoms with Crippen LogP contribution in [0.25, 0.3) is 0 Å². The Bertz CT molecular complexity index is 447. The van der Waals surface area contributed by atoms with Gasteiger partial charge in [-0.15, -0.1) is 0 Å². The lowest BCUT2D eigenvalue weighted by Crippen LogP contribution is -2.51. The fourth-order valence-corrected chi connectivity index (χ4v) is 1.96. The topological polar surface area (TPSA) is 46.3 Å². The molecule has 0 heterocycles. The van der Waals surface area contributed by atoms with E-state index in [1.54, 1.807) is 24.9 Å². The molecule has 1 aromatic carbocycles. The van der Waals surface area contributed by atoms with E-state index in [1.165, 1.54) is 0 Å². The first-order chi connectivity index (χ1) is 8.29. The Morgan fingerprint density at radius 3 is 2.61 bits per heavy atom. The Morgan fingerprint density at radius 1 is 1.44 bits per heavy atom. The van der Waals surface area contributed by atoms with Gasteiger partial charge in [-0.05, 0) is 25.0 Å². The monoisotopic (exact) mass is 288 g/mol. The summed E-state index contributed by atoms with van der Waals surface area (Å²) in [6.07, 6.45) is 0.583. The Balaban J connectivity index is 2.85. The van der Waals surface area contributed by atoms with E-state index in [9.17, 15) is 4.79 Å². The van der Waals surface area contributed by atoms with E-state index in [0.29, 0.717) is 23.0 Å². The van der Waals surface area contributed by atoms with Gasteiger partial charge in [-0.2, -0.15) is 0 Å². The van der Waals surface area contributed by atoms with Gasteiger partial charge in [0, 0.05) is 13.6 Å². The van der Waals surface area contributed by atoms with Gasteiger partial charge in [0.15, 0.2) is 0 Å². The number of hydrogen-bond donors (Lipinski definition) is 1. The number of amides is 1. The van der Waals surface area contributed by atoms with Crippen molar-refractivity contribution in [1.82, 2.24) is 4.90 Å². The van der Waals surface area contributed by atoms with Crippen molar-refractivity contribution >= 4 is 29.1 Å². The summed E-state index contributed by atoms with van der Waals surface area (Å²) in [6.45, 7) is 4.01. The van der Waals surface area contributed by atoms with Gasteiger partial charge >= 0.3 is 0 Å². The van der Waals surface area contributed by atoms with E-state index in [4.69, 9.17) is 28.9 Å². The van der Waals surface area contributed by atoms with Gasteiger partial charge in [0.05, 0.1) is 15.6 Å². The minimum atomic E-state index is -0.847. The average molecular weight is 289 g/mol. The van der Waals surface area contributed by atoms with E-state index in [-0.39, 0.29) is 5.91 Å². The molecule has 0 aliphatic carbocycles. The Labute approximate surface area is 118 Å². The Morgan fingerprint density at radius 2 is 2.06 bits per heavy atom. The molecule has 1 aromatic rings. The molecule has 1 rings (SSSR count). The molecule has 100 valence electrons. The molecule has 0 aliphatic heterocycles. The van der Waals surface area contributed by atoms with Crippen molar-refractivity contribution in [3.63, 3.8) is 0 Å². The van der Waals surface area contributed by atoms with Gasteiger partial charge in [-0.25, -0.2) is 0 Å². The second kappa shape index (κ2) is 5.91. The number of rotatable bonds is 4. The molecule has 0 aromatic heterocycles. The van der Waals surface area contributed by atoms with Crippen LogP contribution in [-0.2, 0) is 11.3 Å². The summed E-state index contributed by atoms with van der Waals surface area (Å²) in [6, 6.07) is 5.37. The molecule has 0 aliphatic rings. The number of nitrogens with zero attached hydrogens (tertiary/aromatic N) is 1. The molecule has 0 bridgehead atoms. The zero-order chi connectivity index (χ0) is 13.9. The van der Waals surface area contributed by atoms with Crippen molar-refractivity contribution in [2.24, 2.45) is 5.73 Å². The van der Waals surface area contributed by atoms with Crippen molar-refractivity contribution in [2.45, 2.75) is 32.4 Å². The molecule has 0 radical (unpaired) electrons. The van der Waals surface area contributed by atoms with Gasteiger partial charge in [-0.1, -0.05) is 42.3 Å². The molecule has 18 heavy (non-hydrogen) atoms. The number of nitrogens with two attached hydrogens (primary N) is 1. The van der Waals surface area contributed by atoms with Crippen LogP contribution < -0.4 is 5.73 Å². The van der Waals surface area contributed by atoms with Crippen LogP contribution >= 0.6 is 23.2 Å². The van der Waals surface area contributed by atoms with Gasteiger partial charge in [-0.3, -0.25) is 4.79 Å². The zero-order valence-electron chi connectivity index (χ0n) is 10.8. The molecular formula is C13H18Cl2N2O. The average Bonchev–Trinajstić information content (AvgIpc) is 2.33. The van der Waals surface area contributed by atoms with Crippen LogP contribution in [0.4, 0.5) is 0 Å². The van der Waals surface area contributed by atoms with Gasteiger partial charge < -0.3 is 10.6 Å². The standard InChI is InChI=1S/C13H18Cl2N2O/c1-4-13(2,16)12(18)17(3)8-9-6-5-7-10(14)11(9)15/h5-7H,4,8,16H2,1-3H3. The molecule has 1 amide bonds. The quantitative estimate of drug-likeness (QED) is 0.926. The summed E-state index contributed by atoms with van der Waals surface area (Å²) in [5.74, 6) is -0.110. The predicted octanol–water partition coefficient (Wildman–Crippen LogP) is 3.08. The molecule has 0 saturated heterocycles. The highest BCUT2D eigenvalue weighted by atomic mass is 35.5. The fraction of sp³-hybridized carbons (Fsp3) is 0.462. The third-order valence-electron chi connectivity index (χ3n) is 3.01. The third kappa shape index (κ3) is 3.37. The first kappa shape index (κ1) is 15.3. The lowest BCUT2D eigenvalue weighted by molar-refractivity contribution is -0.135. The highest BCUT2D eigenvalue weighted by molar-refractivity contribution is 6.42. The maximum absolute atomic E-state index is 12.1. The van der Waals surface area contributed by atoms with Crippen LogP contribution in [0.15, 0.2) is 18.2 Å². The maximum Gasteiger partial charge on any atom is 0.242 e. The summed E-state index contributed by atoms with van der Waals surface area (Å²) in [4.78, 5) is 13.7. The minimum absolute atomic E-state index is 0.110. The van der Waals surface area contributed by atoms with Gasteiger partial charge in [0.1, 0.15) is 0 Å². The maximum atomic E-state index is 12.1. The van der Waals surface area contributed by atoms with E-state index in [2.05, 4.69) is 0 Å². The van der Waals surface area contributed by atoms with E-state index in [0.717, 1.165) is 5.56 Å². The molecule has 1 atom stereocenters. The molecule has 2 N–H and O–H groups in total. The normalized spacial score (nSPS) is 14.1. The van der Waals surface area contributed by atoms with Crippen LogP contribution in [0.1, 0.15) is 25.8 Å². The van der Waals surface area contributed by atoms with Gasteiger partial charge in [0.2, 0.25) is 5.91 Å². The summed E-state index contributed by atoms with van der Waals surface area (Å²) in [5.41, 5.74) is 5.90. The van der Waals surface area contributed by atoms with E-state index >= 15 is 0 Å². The number of carbonyl (C=O) groups is 1. The third-order valence-corrected chi connectivity index (χ3v) is 3.87. The van der Waals surface area contributed by atoms with Crippen LogP contribution in [0.3, 0.4) is 0 Å². The number of halogens is 2. The molecule has 1 unspecified atom stereocenters. The SMILES string of the molecule is CCC(C)(N)C(=O)N(C)Cc1cccc(Cl)c1Cl. The molecular weight excluding hydrogens is 271 g/mol. The first-order valence-electron chi connectivity index (χ1n) is 5.77.